The molecule has 22 heteroatoms. The van der Waals surface area contributed by atoms with Gasteiger partial charge in [0.25, 0.3) is 0 Å². The molecule has 2 unspecified atom stereocenters. The van der Waals surface area contributed by atoms with Crippen molar-refractivity contribution >= 4 is 46.3 Å². The zero-order valence-corrected chi connectivity index (χ0v) is 23.9. The lowest BCUT2D eigenvalue weighted by Crippen LogP contribution is -2.32. The molecule has 0 bridgehead atoms. The maximum Gasteiger partial charge on any atom is 0.490 e. The second-order valence-corrected chi connectivity index (χ2v) is 13.5. The van der Waals surface area contributed by atoms with Crippen molar-refractivity contribution in [3.8, 4) is 11.1 Å². The van der Waals surface area contributed by atoms with Crippen molar-refractivity contribution in [2.45, 2.75) is 37.3 Å². The van der Waals surface area contributed by atoms with Crippen LogP contribution in [0.25, 0.3) is 22.2 Å². The van der Waals surface area contributed by atoms with E-state index in [1.165, 1.54) is 6.33 Å². The van der Waals surface area contributed by atoms with Crippen LogP contribution in [0.5, 0.6) is 0 Å². The number of ether oxygens (including phenoxy) is 1. The van der Waals surface area contributed by atoms with Crippen LogP contribution in [0.2, 0.25) is 0 Å². The standard InChI is InChI=1S/C20H26N5O14P3/c21-13(20(27)28)5-10-1-3-11(4-2-10)12-7-25(19-17(12)18(22)23-9-24-19)16-6-14(26)15(37-16)8-36-41(32,33)39-42(34,35)38-40(29,30)31/h1-4,7,9,13-16,26H,5-6,8,21H2,(H,27,28)(H,32,33)(H,34,35)(H2,22,23,24)(H2,29,30,31)/t13-,14-,15+,16+/m0/s1. The molecule has 0 aliphatic carbocycles. The minimum Gasteiger partial charge on any atom is -0.480 e. The number of aliphatic hydroxyl groups excluding tert-OH is 1. The van der Waals surface area contributed by atoms with Gasteiger partial charge in [-0.25, -0.2) is 23.7 Å². The van der Waals surface area contributed by atoms with Crippen molar-refractivity contribution in [2.24, 2.45) is 5.73 Å². The highest BCUT2D eigenvalue weighted by Gasteiger charge is 2.43. The lowest BCUT2D eigenvalue weighted by molar-refractivity contribution is -0.138. The molecule has 230 valence electrons. The van der Waals surface area contributed by atoms with Crippen LogP contribution in [0.3, 0.4) is 0 Å². The molecule has 19 nitrogen and oxygen atoms in total. The number of hydrogen-bond donors (Lipinski definition) is 8. The molecule has 10 N–H and O–H groups in total. The second kappa shape index (κ2) is 12.2. The van der Waals surface area contributed by atoms with Crippen molar-refractivity contribution in [1.82, 2.24) is 14.5 Å². The van der Waals surface area contributed by atoms with Gasteiger partial charge in [-0.05, 0) is 17.5 Å². The number of aliphatic hydroxyl groups is 1. The first-order valence-corrected chi connectivity index (χ1v) is 16.3. The maximum atomic E-state index is 12.1. The van der Waals surface area contributed by atoms with Crippen molar-refractivity contribution < 1.29 is 66.2 Å². The molecular formula is C20H26N5O14P3. The minimum atomic E-state index is -5.71. The summed E-state index contributed by atoms with van der Waals surface area (Å²) in [5.74, 6) is -1.00. The topological polar surface area (TPSA) is 309 Å². The Morgan fingerprint density at radius 2 is 1.76 bits per heavy atom. The molecule has 1 aliphatic rings. The Morgan fingerprint density at radius 1 is 1.10 bits per heavy atom. The summed E-state index contributed by atoms with van der Waals surface area (Å²) >= 11 is 0. The summed E-state index contributed by atoms with van der Waals surface area (Å²) < 4.78 is 53.6. The monoisotopic (exact) mass is 653 g/mol. The number of carboxylic acids is 1. The van der Waals surface area contributed by atoms with E-state index in [-0.39, 0.29) is 18.7 Å². The van der Waals surface area contributed by atoms with Crippen molar-refractivity contribution in [1.29, 1.82) is 0 Å². The molecule has 1 aromatic carbocycles. The molecule has 3 aromatic rings. The van der Waals surface area contributed by atoms with Gasteiger partial charge in [0.15, 0.2) is 0 Å². The molecule has 1 saturated heterocycles. The molecule has 42 heavy (non-hydrogen) atoms. The van der Waals surface area contributed by atoms with Crippen LogP contribution in [-0.2, 0) is 42.8 Å². The number of nitrogens with zero attached hydrogens (tertiary/aromatic N) is 3. The number of benzene rings is 1. The number of carbonyl (C=O) groups is 1. The lowest BCUT2D eigenvalue weighted by Gasteiger charge is -2.19. The first kappa shape index (κ1) is 32.3. The van der Waals surface area contributed by atoms with Crippen LogP contribution >= 0.6 is 23.5 Å². The van der Waals surface area contributed by atoms with E-state index in [1.54, 1.807) is 35.0 Å². The second-order valence-electron chi connectivity index (χ2n) is 9.07. The van der Waals surface area contributed by atoms with Gasteiger partial charge in [0.2, 0.25) is 0 Å². The van der Waals surface area contributed by atoms with Gasteiger partial charge < -0.3 is 50.6 Å². The number of anilines is 1. The third-order valence-electron chi connectivity index (χ3n) is 6.01. The predicted molar refractivity (Wildman–Crippen MR) is 141 cm³/mol. The van der Waals surface area contributed by atoms with E-state index in [0.29, 0.717) is 27.7 Å². The molecule has 1 aliphatic heterocycles. The average Bonchev–Trinajstić information content (AvgIpc) is 3.42. The highest BCUT2D eigenvalue weighted by atomic mass is 31.3. The fourth-order valence-electron chi connectivity index (χ4n) is 4.22. The van der Waals surface area contributed by atoms with Gasteiger partial charge in [0.1, 0.15) is 36.2 Å². The van der Waals surface area contributed by atoms with Crippen LogP contribution in [0.4, 0.5) is 5.82 Å². The van der Waals surface area contributed by atoms with E-state index in [1.807, 2.05) is 0 Å². The molecule has 4 rings (SSSR count). The Labute approximate surface area is 236 Å². The normalized spacial score (nSPS) is 23.0. The molecule has 1 fully saturated rings. The number of fused-ring (bicyclic) bond motifs is 1. The fraction of sp³-hybridized carbons (Fsp3) is 0.350. The van der Waals surface area contributed by atoms with Gasteiger partial charge in [-0.15, -0.1) is 0 Å². The van der Waals surface area contributed by atoms with E-state index in [0.717, 1.165) is 0 Å². The summed E-state index contributed by atoms with van der Waals surface area (Å²) in [5.41, 5.74) is 14.0. The third kappa shape index (κ3) is 7.86. The average molecular weight is 653 g/mol. The highest BCUT2D eigenvalue weighted by Crippen LogP contribution is 2.66. The Kier molecular flexibility index (Phi) is 9.37. The smallest absolute Gasteiger partial charge is 0.480 e. The number of rotatable bonds is 12. The van der Waals surface area contributed by atoms with Crippen LogP contribution in [0, 0.1) is 0 Å². The Balaban J connectivity index is 1.52. The summed E-state index contributed by atoms with van der Waals surface area (Å²) in [6, 6.07) is 5.79. The number of aliphatic carboxylic acids is 1. The molecule has 0 radical (unpaired) electrons. The van der Waals surface area contributed by atoms with E-state index >= 15 is 0 Å². The van der Waals surface area contributed by atoms with Crippen LogP contribution < -0.4 is 11.5 Å². The number of phosphoric ester groups is 1. The number of aromatic nitrogens is 3. The first-order chi connectivity index (χ1) is 19.4. The van der Waals surface area contributed by atoms with E-state index in [9.17, 15) is 33.4 Å². The Bertz CT molecular complexity index is 1610. The summed E-state index contributed by atoms with van der Waals surface area (Å²) in [4.78, 5) is 55.6. The number of hydrogen-bond acceptors (Lipinski definition) is 13. The number of nitrogen functional groups attached to an aromatic ring is 1. The van der Waals surface area contributed by atoms with Crippen molar-refractivity contribution in [3.05, 3.63) is 42.4 Å². The van der Waals surface area contributed by atoms with E-state index in [2.05, 4.69) is 23.1 Å². The van der Waals surface area contributed by atoms with Crippen LogP contribution in [-0.4, -0.2) is 75.1 Å². The largest absolute Gasteiger partial charge is 0.490 e. The quantitative estimate of drug-likeness (QED) is 0.124. The zero-order valence-electron chi connectivity index (χ0n) is 21.2. The summed E-state index contributed by atoms with van der Waals surface area (Å²) in [6.07, 6.45) is -0.560. The third-order valence-corrected chi connectivity index (χ3v) is 9.81. The van der Waals surface area contributed by atoms with Crippen LogP contribution in [0.1, 0.15) is 18.2 Å². The van der Waals surface area contributed by atoms with Gasteiger partial charge in [0, 0.05) is 18.2 Å². The maximum absolute atomic E-state index is 12.1. The number of carboxylic acid groups (broad SMARTS) is 1. The lowest BCUT2D eigenvalue weighted by atomic mass is 10.0. The number of nitrogens with two attached hydrogens (primary N) is 2. The summed E-state index contributed by atoms with van der Waals surface area (Å²) in [7, 11) is -16.7. The fourth-order valence-corrected chi connectivity index (χ4v) is 7.25. The van der Waals surface area contributed by atoms with Crippen molar-refractivity contribution in [2.75, 3.05) is 12.3 Å². The van der Waals surface area contributed by atoms with Gasteiger partial charge in [0.05, 0.1) is 18.1 Å². The molecule has 3 heterocycles. The predicted octanol–water partition coefficient (Wildman–Crippen LogP) is 0.627. The molecular weight excluding hydrogens is 627 g/mol. The zero-order chi connectivity index (χ0) is 31.0. The summed E-state index contributed by atoms with van der Waals surface area (Å²) in [5, 5.41) is 20.0. The SMILES string of the molecule is Nc1ncnc2c1c(-c1ccc(C[C@H](N)C(=O)O)cc1)cn2[C@H]1C[C@H](O)[C@@H](COP(=O)(O)OP(=O)(O)OP(=O)(O)O)O1. The van der Waals surface area contributed by atoms with E-state index in [4.69, 9.17) is 31.1 Å². The van der Waals surface area contributed by atoms with Gasteiger partial charge >= 0.3 is 29.4 Å². The molecule has 0 amide bonds. The van der Waals surface area contributed by atoms with Crippen molar-refractivity contribution in [3.63, 3.8) is 0 Å². The molecule has 6 atom stereocenters. The molecule has 0 saturated carbocycles. The van der Waals surface area contributed by atoms with E-state index < -0.39 is 60.5 Å². The van der Waals surface area contributed by atoms with Gasteiger partial charge in [-0.3, -0.25) is 9.32 Å². The van der Waals surface area contributed by atoms with Gasteiger partial charge in [-0.2, -0.15) is 8.62 Å². The van der Waals surface area contributed by atoms with Crippen LogP contribution in [0.15, 0.2) is 36.8 Å². The molecule has 2 aromatic heterocycles. The first-order valence-electron chi connectivity index (χ1n) is 11.8. The highest BCUT2D eigenvalue weighted by molar-refractivity contribution is 7.66. The Hall–Kier alpha value is -2.60. The molecule has 0 spiro atoms. The summed E-state index contributed by atoms with van der Waals surface area (Å²) in [6.45, 7) is -0.843. The number of phosphoric acid groups is 3. The van der Waals surface area contributed by atoms with Gasteiger partial charge in [-0.1, -0.05) is 24.3 Å². The Morgan fingerprint density at radius 3 is 2.38 bits per heavy atom. The minimum absolute atomic E-state index is 0.0659.